The fraction of sp³-hybridized carbons (Fsp3) is 0.250. The van der Waals surface area contributed by atoms with Crippen LogP contribution in [0.2, 0.25) is 5.02 Å². The first-order valence-corrected chi connectivity index (χ1v) is 5.62. The van der Waals surface area contributed by atoms with Gasteiger partial charge in [-0.3, -0.25) is 0 Å². The highest BCUT2D eigenvalue weighted by Gasteiger charge is 2.14. The molecule has 6 heteroatoms. The van der Waals surface area contributed by atoms with Gasteiger partial charge in [0.25, 0.3) is 0 Å². The van der Waals surface area contributed by atoms with Crippen LogP contribution in [0.1, 0.15) is 16.8 Å². The van der Waals surface area contributed by atoms with Crippen LogP contribution >= 0.6 is 11.6 Å². The van der Waals surface area contributed by atoms with Crippen molar-refractivity contribution in [3.63, 3.8) is 0 Å². The third-order valence-electron chi connectivity index (χ3n) is 2.63. The lowest BCUT2D eigenvalue weighted by Gasteiger charge is -2.10. The standard InChI is InChI=1S/C12H11ClN4O/c1-7-4-10(13)12(18-3)16-11(7)17-8(2)9(5-14)6-15-17/h4,6H,1-3H3. The van der Waals surface area contributed by atoms with E-state index in [1.807, 2.05) is 13.8 Å². The molecule has 18 heavy (non-hydrogen) atoms. The topological polar surface area (TPSA) is 63.7 Å². The number of aryl methyl sites for hydroxylation is 1. The van der Waals surface area contributed by atoms with Crippen molar-refractivity contribution in [2.75, 3.05) is 7.11 Å². The molecule has 0 atom stereocenters. The van der Waals surface area contributed by atoms with Gasteiger partial charge >= 0.3 is 0 Å². The third kappa shape index (κ3) is 1.91. The van der Waals surface area contributed by atoms with Crippen molar-refractivity contribution in [1.29, 1.82) is 5.26 Å². The Balaban J connectivity index is 2.64. The minimum atomic E-state index is 0.339. The zero-order chi connectivity index (χ0) is 13.3. The molecule has 0 aliphatic carbocycles. The molecule has 0 N–H and O–H groups in total. The summed E-state index contributed by atoms with van der Waals surface area (Å²) in [5, 5.41) is 13.5. The molecule has 2 aromatic rings. The molecule has 2 aromatic heterocycles. The maximum Gasteiger partial charge on any atom is 0.234 e. The molecule has 0 aromatic carbocycles. The summed E-state index contributed by atoms with van der Waals surface area (Å²) in [6.07, 6.45) is 1.51. The number of ether oxygens (including phenoxy) is 1. The largest absolute Gasteiger partial charge is 0.480 e. The molecule has 0 aliphatic rings. The van der Waals surface area contributed by atoms with E-state index in [1.165, 1.54) is 13.3 Å². The summed E-state index contributed by atoms with van der Waals surface area (Å²) in [7, 11) is 1.50. The van der Waals surface area contributed by atoms with E-state index in [-0.39, 0.29) is 0 Å². The summed E-state index contributed by atoms with van der Waals surface area (Å²) in [5.41, 5.74) is 2.11. The van der Waals surface area contributed by atoms with E-state index in [1.54, 1.807) is 10.7 Å². The average molecular weight is 263 g/mol. The molecular weight excluding hydrogens is 252 g/mol. The van der Waals surface area contributed by atoms with Gasteiger partial charge in [0.15, 0.2) is 5.82 Å². The normalized spacial score (nSPS) is 10.2. The molecule has 2 heterocycles. The van der Waals surface area contributed by atoms with Gasteiger partial charge in [-0.05, 0) is 25.5 Å². The summed E-state index contributed by atoms with van der Waals surface area (Å²) >= 11 is 5.99. The van der Waals surface area contributed by atoms with Gasteiger partial charge in [-0.1, -0.05) is 11.6 Å². The minimum absolute atomic E-state index is 0.339. The molecule has 0 saturated carbocycles. The van der Waals surface area contributed by atoms with Crippen LogP contribution in [0.5, 0.6) is 5.88 Å². The molecule has 2 rings (SSSR count). The lowest BCUT2D eigenvalue weighted by atomic mass is 10.2. The Morgan fingerprint density at radius 2 is 2.17 bits per heavy atom. The molecule has 0 unspecified atom stereocenters. The Morgan fingerprint density at radius 3 is 2.72 bits per heavy atom. The van der Waals surface area contributed by atoms with E-state index in [0.717, 1.165) is 11.3 Å². The van der Waals surface area contributed by atoms with Crippen LogP contribution in [-0.4, -0.2) is 21.9 Å². The first-order valence-electron chi connectivity index (χ1n) is 5.24. The summed E-state index contributed by atoms with van der Waals surface area (Å²) in [5.74, 6) is 0.945. The van der Waals surface area contributed by atoms with Crippen molar-refractivity contribution in [2.45, 2.75) is 13.8 Å². The fourth-order valence-electron chi connectivity index (χ4n) is 1.64. The molecule has 0 aliphatic heterocycles. The Kier molecular flexibility index (Phi) is 3.21. The van der Waals surface area contributed by atoms with Gasteiger partial charge in [0.2, 0.25) is 5.88 Å². The van der Waals surface area contributed by atoms with E-state index in [9.17, 15) is 0 Å². The first kappa shape index (κ1) is 12.4. The number of hydrogen-bond acceptors (Lipinski definition) is 4. The van der Waals surface area contributed by atoms with Crippen LogP contribution in [0.25, 0.3) is 5.82 Å². The van der Waals surface area contributed by atoms with Gasteiger partial charge in [-0.15, -0.1) is 0 Å². The van der Waals surface area contributed by atoms with Gasteiger partial charge in [-0.2, -0.15) is 15.3 Å². The zero-order valence-corrected chi connectivity index (χ0v) is 11.0. The summed E-state index contributed by atoms with van der Waals surface area (Å²) in [6.45, 7) is 3.69. The van der Waals surface area contributed by atoms with Crippen LogP contribution in [0.3, 0.4) is 0 Å². The number of hydrogen-bond donors (Lipinski definition) is 0. The second-order valence-corrected chi connectivity index (χ2v) is 4.19. The lowest BCUT2D eigenvalue weighted by molar-refractivity contribution is 0.397. The molecule has 0 fully saturated rings. The van der Waals surface area contributed by atoms with Crippen LogP contribution < -0.4 is 4.74 Å². The number of pyridine rings is 1. The highest BCUT2D eigenvalue weighted by Crippen LogP contribution is 2.26. The predicted molar refractivity (Wildman–Crippen MR) is 67.1 cm³/mol. The number of rotatable bonds is 2. The molecule has 0 spiro atoms. The van der Waals surface area contributed by atoms with E-state index in [2.05, 4.69) is 16.2 Å². The summed E-state index contributed by atoms with van der Waals surface area (Å²) in [4.78, 5) is 4.31. The fourth-order valence-corrected chi connectivity index (χ4v) is 1.93. The highest BCUT2D eigenvalue weighted by molar-refractivity contribution is 6.31. The van der Waals surface area contributed by atoms with Gasteiger partial charge in [0.05, 0.1) is 24.6 Å². The van der Waals surface area contributed by atoms with Crippen molar-refractivity contribution >= 4 is 11.6 Å². The number of aromatic nitrogens is 3. The number of nitrogens with zero attached hydrogens (tertiary/aromatic N) is 4. The zero-order valence-electron chi connectivity index (χ0n) is 10.2. The Hall–Kier alpha value is -2.06. The molecule has 0 bridgehead atoms. The molecular formula is C12H11ClN4O. The van der Waals surface area contributed by atoms with E-state index >= 15 is 0 Å². The molecule has 5 nitrogen and oxygen atoms in total. The number of nitriles is 1. The predicted octanol–water partition coefficient (Wildman–Crippen LogP) is 2.42. The maximum atomic E-state index is 8.92. The van der Waals surface area contributed by atoms with Crippen LogP contribution in [0.15, 0.2) is 12.3 Å². The van der Waals surface area contributed by atoms with Crippen molar-refractivity contribution in [3.05, 3.63) is 34.1 Å². The maximum absolute atomic E-state index is 8.92. The van der Waals surface area contributed by atoms with Gasteiger partial charge in [-0.25, -0.2) is 4.68 Å². The van der Waals surface area contributed by atoms with Crippen LogP contribution in [-0.2, 0) is 0 Å². The quantitative estimate of drug-likeness (QED) is 0.834. The molecule has 0 amide bonds. The van der Waals surface area contributed by atoms with Crippen molar-refractivity contribution in [3.8, 4) is 17.8 Å². The van der Waals surface area contributed by atoms with E-state index < -0.39 is 0 Å². The van der Waals surface area contributed by atoms with E-state index in [4.69, 9.17) is 21.6 Å². The lowest BCUT2D eigenvalue weighted by Crippen LogP contribution is -2.06. The van der Waals surface area contributed by atoms with Crippen LogP contribution in [0.4, 0.5) is 0 Å². The molecule has 92 valence electrons. The Labute approximate surface area is 110 Å². The third-order valence-corrected chi connectivity index (χ3v) is 2.90. The molecule has 0 radical (unpaired) electrons. The van der Waals surface area contributed by atoms with Crippen molar-refractivity contribution in [1.82, 2.24) is 14.8 Å². The summed E-state index contributed by atoms with van der Waals surface area (Å²) < 4.78 is 6.69. The average Bonchev–Trinajstić information content (AvgIpc) is 2.71. The first-order chi connectivity index (χ1) is 8.58. The van der Waals surface area contributed by atoms with Crippen molar-refractivity contribution in [2.24, 2.45) is 0 Å². The summed E-state index contributed by atoms with van der Waals surface area (Å²) in [6, 6.07) is 3.84. The highest BCUT2D eigenvalue weighted by atomic mass is 35.5. The number of halogens is 1. The Morgan fingerprint density at radius 1 is 1.44 bits per heavy atom. The smallest absolute Gasteiger partial charge is 0.234 e. The van der Waals surface area contributed by atoms with E-state index in [0.29, 0.717) is 22.3 Å². The van der Waals surface area contributed by atoms with Gasteiger partial charge in [0.1, 0.15) is 11.1 Å². The van der Waals surface area contributed by atoms with Gasteiger partial charge in [0, 0.05) is 0 Å². The second-order valence-electron chi connectivity index (χ2n) is 3.79. The SMILES string of the molecule is COc1nc(-n2ncc(C#N)c2C)c(C)cc1Cl. The number of methoxy groups -OCH3 is 1. The Bertz CT molecular complexity index is 642. The second kappa shape index (κ2) is 4.67. The monoisotopic (exact) mass is 262 g/mol. The minimum Gasteiger partial charge on any atom is -0.480 e. The molecule has 0 saturated heterocycles. The van der Waals surface area contributed by atoms with Crippen LogP contribution in [0, 0.1) is 25.2 Å². The van der Waals surface area contributed by atoms with Gasteiger partial charge < -0.3 is 4.74 Å². The van der Waals surface area contributed by atoms with Crippen molar-refractivity contribution < 1.29 is 4.74 Å².